The van der Waals surface area contributed by atoms with Crippen LogP contribution >= 0.6 is 0 Å². The summed E-state index contributed by atoms with van der Waals surface area (Å²) in [5, 5.41) is 0. The van der Waals surface area contributed by atoms with E-state index in [0.717, 1.165) is 36.8 Å². The minimum absolute atomic E-state index is 0.344. The quantitative estimate of drug-likeness (QED) is 0.872. The third-order valence-electron chi connectivity index (χ3n) is 4.04. The first kappa shape index (κ1) is 15.2. The van der Waals surface area contributed by atoms with E-state index in [2.05, 4.69) is 46.9 Å². The van der Waals surface area contributed by atoms with Crippen molar-refractivity contribution < 1.29 is 0 Å². The minimum Gasteiger partial charge on any atom is -0.359 e. The predicted molar refractivity (Wildman–Crippen MR) is 83.0 cm³/mol. The van der Waals surface area contributed by atoms with E-state index in [1.54, 1.807) is 0 Å². The van der Waals surface area contributed by atoms with E-state index in [0.29, 0.717) is 12.0 Å². The summed E-state index contributed by atoms with van der Waals surface area (Å²) in [5.74, 6) is 1.84. The fourth-order valence-corrected chi connectivity index (χ4v) is 3.14. The molecule has 2 N–H and O–H groups in total. The molecule has 1 fully saturated rings. The maximum Gasteiger partial charge on any atom is 0.132 e. The molecule has 0 radical (unpaired) electrons. The summed E-state index contributed by atoms with van der Waals surface area (Å²) < 4.78 is 0. The second-order valence-electron chi connectivity index (χ2n) is 6.46. The van der Waals surface area contributed by atoms with Gasteiger partial charge in [0.2, 0.25) is 0 Å². The van der Waals surface area contributed by atoms with Gasteiger partial charge in [0.05, 0.1) is 0 Å². The zero-order valence-electron chi connectivity index (χ0n) is 13.2. The third kappa shape index (κ3) is 3.67. The largest absolute Gasteiger partial charge is 0.359 e. The molecule has 1 aliphatic heterocycles. The molecule has 0 saturated carbocycles. The summed E-state index contributed by atoms with van der Waals surface area (Å²) in [7, 11) is 4.32. The first-order valence-electron chi connectivity index (χ1n) is 7.36. The van der Waals surface area contributed by atoms with Crippen molar-refractivity contribution in [1.29, 1.82) is 0 Å². The van der Waals surface area contributed by atoms with Gasteiger partial charge in [0.25, 0.3) is 0 Å². The summed E-state index contributed by atoms with van der Waals surface area (Å²) in [6, 6.07) is 2.07. The number of anilines is 1. The average Bonchev–Trinajstić information content (AvgIpc) is 2.68. The lowest BCUT2D eigenvalue weighted by atomic mass is 9.89. The van der Waals surface area contributed by atoms with E-state index < -0.39 is 0 Å². The van der Waals surface area contributed by atoms with Crippen LogP contribution in [0.1, 0.15) is 24.9 Å². The molecular weight excluding hydrogens is 250 g/mol. The highest BCUT2D eigenvalue weighted by Gasteiger charge is 2.33. The second-order valence-corrected chi connectivity index (χ2v) is 6.46. The average molecular weight is 277 g/mol. The van der Waals surface area contributed by atoms with Crippen LogP contribution in [-0.4, -0.2) is 55.1 Å². The molecule has 5 nitrogen and oxygen atoms in total. The van der Waals surface area contributed by atoms with Crippen LogP contribution in [0.5, 0.6) is 0 Å². The van der Waals surface area contributed by atoms with Gasteiger partial charge < -0.3 is 15.5 Å². The highest BCUT2D eigenvalue weighted by atomic mass is 15.2. The molecule has 1 saturated heterocycles. The molecule has 20 heavy (non-hydrogen) atoms. The monoisotopic (exact) mass is 277 g/mol. The molecule has 2 rings (SSSR count). The van der Waals surface area contributed by atoms with Crippen molar-refractivity contribution in [1.82, 2.24) is 14.9 Å². The maximum absolute atomic E-state index is 5.63. The van der Waals surface area contributed by atoms with Crippen LogP contribution in [0.2, 0.25) is 0 Å². The topological polar surface area (TPSA) is 58.3 Å². The van der Waals surface area contributed by atoms with Gasteiger partial charge in [-0.3, -0.25) is 0 Å². The van der Waals surface area contributed by atoms with E-state index >= 15 is 0 Å². The Labute approximate surface area is 122 Å². The van der Waals surface area contributed by atoms with Crippen molar-refractivity contribution in [2.24, 2.45) is 11.1 Å². The fourth-order valence-electron chi connectivity index (χ4n) is 3.14. The number of nitrogens with two attached hydrogens (primary N) is 1. The lowest BCUT2D eigenvalue weighted by molar-refractivity contribution is 0.314. The van der Waals surface area contributed by atoms with Gasteiger partial charge in [-0.1, -0.05) is 6.92 Å². The van der Waals surface area contributed by atoms with Gasteiger partial charge in [-0.25, -0.2) is 9.97 Å². The van der Waals surface area contributed by atoms with E-state index in [1.165, 1.54) is 13.0 Å². The number of hydrogen-bond acceptors (Lipinski definition) is 5. The molecule has 0 aromatic carbocycles. The van der Waals surface area contributed by atoms with Crippen LogP contribution in [0.25, 0.3) is 0 Å². The van der Waals surface area contributed by atoms with Gasteiger partial charge in [-0.15, -0.1) is 0 Å². The Hall–Kier alpha value is -1.20. The number of hydrogen-bond donors (Lipinski definition) is 1. The van der Waals surface area contributed by atoms with Crippen LogP contribution in [0.15, 0.2) is 6.07 Å². The molecule has 1 atom stereocenters. The Kier molecular flexibility index (Phi) is 4.60. The van der Waals surface area contributed by atoms with Crippen molar-refractivity contribution in [3.05, 3.63) is 17.6 Å². The lowest BCUT2D eigenvalue weighted by Crippen LogP contribution is -2.36. The van der Waals surface area contributed by atoms with Gasteiger partial charge in [0.1, 0.15) is 11.6 Å². The van der Waals surface area contributed by atoms with Crippen LogP contribution in [0.3, 0.4) is 0 Å². The summed E-state index contributed by atoms with van der Waals surface area (Å²) in [5.41, 5.74) is 7.01. The van der Waals surface area contributed by atoms with Gasteiger partial charge in [-0.2, -0.15) is 0 Å². The first-order valence-corrected chi connectivity index (χ1v) is 7.36. The Morgan fingerprint density at radius 2 is 2.20 bits per heavy atom. The Bertz CT molecular complexity index is 462. The smallest absolute Gasteiger partial charge is 0.132 e. The molecule has 0 spiro atoms. The standard InChI is InChI=1S/C15H27N5/c1-12-17-13(5-7-16)9-14(18-12)20(4)11-15(2)6-8-19(3)10-15/h9H,5-8,10-11,16H2,1-4H3/t15-/m1/s1. The number of aromatic nitrogens is 2. The van der Waals surface area contributed by atoms with Crippen molar-refractivity contribution in [2.75, 3.05) is 45.2 Å². The molecular formula is C15H27N5. The maximum atomic E-state index is 5.63. The van der Waals surface area contributed by atoms with Gasteiger partial charge in [0.15, 0.2) is 0 Å². The van der Waals surface area contributed by atoms with Crippen molar-refractivity contribution in [3.8, 4) is 0 Å². The van der Waals surface area contributed by atoms with Gasteiger partial charge in [0, 0.05) is 38.3 Å². The Morgan fingerprint density at radius 3 is 2.80 bits per heavy atom. The summed E-state index contributed by atoms with van der Waals surface area (Å²) >= 11 is 0. The van der Waals surface area contributed by atoms with Crippen LogP contribution in [-0.2, 0) is 6.42 Å². The van der Waals surface area contributed by atoms with Gasteiger partial charge >= 0.3 is 0 Å². The van der Waals surface area contributed by atoms with Crippen molar-refractivity contribution >= 4 is 5.82 Å². The van der Waals surface area contributed by atoms with E-state index in [-0.39, 0.29) is 0 Å². The number of nitrogens with zero attached hydrogens (tertiary/aromatic N) is 4. The number of aryl methyl sites for hydroxylation is 1. The normalized spacial score (nSPS) is 23.2. The van der Waals surface area contributed by atoms with Crippen molar-refractivity contribution in [2.45, 2.75) is 26.7 Å². The lowest BCUT2D eigenvalue weighted by Gasteiger charge is -2.30. The highest BCUT2D eigenvalue weighted by molar-refractivity contribution is 5.39. The molecule has 5 heteroatoms. The van der Waals surface area contributed by atoms with Crippen LogP contribution in [0, 0.1) is 12.3 Å². The number of likely N-dealkylation sites (tertiary alicyclic amines) is 1. The first-order chi connectivity index (χ1) is 9.42. The zero-order chi connectivity index (χ0) is 14.8. The molecule has 0 amide bonds. The van der Waals surface area contributed by atoms with Crippen LogP contribution < -0.4 is 10.6 Å². The summed E-state index contributed by atoms with van der Waals surface area (Å²) in [6.45, 7) is 8.30. The number of rotatable bonds is 5. The molecule has 1 aromatic heterocycles. The molecule has 112 valence electrons. The predicted octanol–water partition coefficient (Wildman–Crippen LogP) is 1.06. The van der Waals surface area contributed by atoms with Gasteiger partial charge in [-0.05, 0) is 38.9 Å². The minimum atomic E-state index is 0.344. The summed E-state index contributed by atoms with van der Waals surface area (Å²) in [6.07, 6.45) is 2.05. The zero-order valence-corrected chi connectivity index (χ0v) is 13.2. The fraction of sp³-hybridized carbons (Fsp3) is 0.733. The van der Waals surface area contributed by atoms with E-state index in [1.807, 2.05) is 6.92 Å². The SMILES string of the molecule is Cc1nc(CCN)cc(N(C)C[C@]2(C)CCN(C)C2)n1. The van der Waals surface area contributed by atoms with Crippen LogP contribution in [0.4, 0.5) is 5.82 Å². The van der Waals surface area contributed by atoms with Crippen molar-refractivity contribution in [3.63, 3.8) is 0 Å². The molecule has 1 aliphatic rings. The second kappa shape index (κ2) is 6.06. The highest BCUT2D eigenvalue weighted by Crippen LogP contribution is 2.30. The Morgan fingerprint density at radius 1 is 1.45 bits per heavy atom. The molecule has 0 bridgehead atoms. The molecule has 0 aliphatic carbocycles. The Balaban J connectivity index is 2.10. The third-order valence-corrected chi connectivity index (χ3v) is 4.04. The summed E-state index contributed by atoms with van der Waals surface area (Å²) in [4.78, 5) is 13.7. The molecule has 2 heterocycles. The van der Waals surface area contributed by atoms with E-state index in [4.69, 9.17) is 5.73 Å². The molecule has 0 unspecified atom stereocenters. The van der Waals surface area contributed by atoms with E-state index in [9.17, 15) is 0 Å². The molecule has 1 aromatic rings.